The Labute approximate surface area is 119 Å². The first-order valence-corrected chi connectivity index (χ1v) is 7.57. The van der Waals surface area contributed by atoms with Crippen molar-refractivity contribution in [2.45, 2.75) is 31.7 Å². The predicted molar refractivity (Wildman–Crippen MR) is 73.8 cm³/mol. The maximum atomic E-state index is 12.5. The molecule has 20 heavy (non-hydrogen) atoms. The van der Waals surface area contributed by atoms with Crippen molar-refractivity contribution in [3.8, 4) is 0 Å². The molecule has 0 spiro atoms. The van der Waals surface area contributed by atoms with Gasteiger partial charge in [-0.25, -0.2) is 0 Å². The predicted octanol–water partition coefficient (Wildman–Crippen LogP) is 0.394. The van der Waals surface area contributed by atoms with Crippen molar-refractivity contribution < 1.29 is 14.7 Å². The molecule has 0 aromatic carbocycles. The highest BCUT2D eigenvalue weighted by atomic mass is 16.3. The van der Waals surface area contributed by atoms with Crippen LogP contribution in [0.1, 0.15) is 25.7 Å². The van der Waals surface area contributed by atoms with Crippen LogP contribution in [0.3, 0.4) is 0 Å². The molecule has 0 aromatic heterocycles. The van der Waals surface area contributed by atoms with Crippen LogP contribution in [0.4, 0.5) is 0 Å². The molecule has 2 aliphatic heterocycles. The monoisotopic (exact) mass is 278 g/mol. The van der Waals surface area contributed by atoms with E-state index in [0.29, 0.717) is 19.6 Å². The Bertz CT molecular complexity index is 423. The Hall–Kier alpha value is -1.36. The third-order valence-corrected chi connectivity index (χ3v) is 4.61. The highest BCUT2D eigenvalue weighted by Crippen LogP contribution is 2.32. The van der Waals surface area contributed by atoms with E-state index in [2.05, 4.69) is 0 Å². The van der Waals surface area contributed by atoms with Gasteiger partial charge in [0.1, 0.15) is 0 Å². The van der Waals surface area contributed by atoms with E-state index in [1.165, 1.54) is 0 Å². The average molecular weight is 278 g/mol. The molecule has 1 atom stereocenters. The van der Waals surface area contributed by atoms with Crippen molar-refractivity contribution in [3.05, 3.63) is 12.2 Å². The molecule has 2 fully saturated rings. The number of carbonyl (C=O) groups is 2. The van der Waals surface area contributed by atoms with E-state index in [1.54, 1.807) is 4.90 Å². The largest absolute Gasteiger partial charge is 0.394 e. The number of piperidine rings is 1. The summed E-state index contributed by atoms with van der Waals surface area (Å²) in [6.07, 6.45) is 7.41. The summed E-state index contributed by atoms with van der Waals surface area (Å²) in [4.78, 5) is 28.1. The maximum absolute atomic E-state index is 12.5. The summed E-state index contributed by atoms with van der Waals surface area (Å²) < 4.78 is 0. The number of nitrogens with zero attached hydrogens (tertiary/aromatic N) is 2. The lowest BCUT2D eigenvalue weighted by atomic mass is 9.94. The van der Waals surface area contributed by atoms with E-state index < -0.39 is 0 Å². The molecule has 110 valence electrons. The van der Waals surface area contributed by atoms with Gasteiger partial charge < -0.3 is 14.9 Å². The van der Waals surface area contributed by atoms with Gasteiger partial charge in [-0.2, -0.15) is 0 Å². The van der Waals surface area contributed by atoms with Gasteiger partial charge in [-0.3, -0.25) is 9.59 Å². The van der Waals surface area contributed by atoms with Crippen molar-refractivity contribution in [2.75, 3.05) is 26.2 Å². The lowest BCUT2D eigenvalue weighted by Gasteiger charge is -2.34. The summed E-state index contributed by atoms with van der Waals surface area (Å²) in [6, 6.07) is -0.159. The van der Waals surface area contributed by atoms with E-state index in [1.807, 2.05) is 17.1 Å². The zero-order chi connectivity index (χ0) is 14.1. The molecule has 5 nitrogen and oxygen atoms in total. The summed E-state index contributed by atoms with van der Waals surface area (Å²) in [6.45, 7) is 2.00. The molecule has 1 aliphatic carbocycles. The highest BCUT2D eigenvalue weighted by molar-refractivity contribution is 5.82. The number of likely N-dealkylation sites (tertiary alicyclic amines) is 1. The molecule has 0 bridgehead atoms. The van der Waals surface area contributed by atoms with E-state index in [-0.39, 0.29) is 36.3 Å². The molecule has 3 rings (SSSR count). The minimum atomic E-state index is -0.159. The van der Waals surface area contributed by atoms with Gasteiger partial charge in [0.2, 0.25) is 11.8 Å². The van der Waals surface area contributed by atoms with Gasteiger partial charge in [-0.1, -0.05) is 12.2 Å². The van der Waals surface area contributed by atoms with E-state index in [4.69, 9.17) is 0 Å². The lowest BCUT2D eigenvalue weighted by Crippen LogP contribution is -2.47. The number of aliphatic hydroxyl groups excluding tert-OH is 1. The standard InChI is InChI=1S/C15H22N2O3/c18-10-13-2-1-7-17(13)15(20)12-5-8-16(9-6-12)14(19)11-3-4-11/h1-2,11-13,18H,3-10H2. The fourth-order valence-corrected chi connectivity index (χ4v) is 3.15. The first-order chi connectivity index (χ1) is 9.70. The number of hydrogen-bond donors (Lipinski definition) is 1. The molecule has 0 radical (unpaired) electrons. The van der Waals surface area contributed by atoms with Crippen LogP contribution in [0.25, 0.3) is 0 Å². The van der Waals surface area contributed by atoms with Crippen LogP contribution in [-0.4, -0.2) is 59.0 Å². The molecule has 0 aromatic rings. The van der Waals surface area contributed by atoms with Gasteiger partial charge in [0.25, 0.3) is 0 Å². The number of hydrogen-bond acceptors (Lipinski definition) is 3. The van der Waals surface area contributed by atoms with Gasteiger partial charge in [-0.05, 0) is 25.7 Å². The molecular weight excluding hydrogens is 256 g/mol. The fourth-order valence-electron chi connectivity index (χ4n) is 3.15. The van der Waals surface area contributed by atoms with Crippen LogP contribution < -0.4 is 0 Å². The zero-order valence-corrected chi connectivity index (χ0v) is 11.7. The lowest BCUT2D eigenvalue weighted by molar-refractivity contribution is -0.142. The quantitative estimate of drug-likeness (QED) is 0.760. The molecule has 1 saturated carbocycles. The molecule has 3 aliphatic rings. The maximum Gasteiger partial charge on any atom is 0.226 e. The third kappa shape index (κ3) is 2.59. The summed E-state index contributed by atoms with van der Waals surface area (Å²) in [7, 11) is 0. The number of rotatable bonds is 3. The van der Waals surface area contributed by atoms with E-state index >= 15 is 0 Å². The normalized spacial score (nSPS) is 27.1. The first kappa shape index (κ1) is 13.6. The molecular formula is C15H22N2O3. The molecule has 1 N–H and O–H groups in total. The smallest absolute Gasteiger partial charge is 0.226 e. The SMILES string of the molecule is O=C(C1CC1)N1CCC(C(=O)N2CC=CC2CO)CC1. The Morgan fingerprint density at radius 1 is 1.05 bits per heavy atom. The number of aliphatic hydroxyl groups is 1. The van der Waals surface area contributed by atoms with Crippen LogP contribution in [0.5, 0.6) is 0 Å². The summed E-state index contributed by atoms with van der Waals surface area (Å²) in [5.74, 6) is 0.690. The Balaban J connectivity index is 1.52. The molecule has 5 heteroatoms. The van der Waals surface area contributed by atoms with Crippen molar-refractivity contribution in [3.63, 3.8) is 0 Å². The van der Waals surface area contributed by atoms with Crippen LogP contribution in [-0.2, 0) is 9.59 Å². The molecule has 1 saturated heterocycles. The molecule has 1 unspecified atom stereocenters. The molecule has 2 amide bonds. The fraction of sp³-hybridized carbons (Fsp3) is 0.733. The Morgan fingerprint density at radius 2 is 1.70 bits per heavy atom. The second-order valence-electron chi connectivity index (χ2n) is 6.04. The van der Waals surface area contributed by atoms with Gasteiger partial charge in [-0.15, -0.1) is 0 Å². The van der Waals surface area contributed by atoms with Crippen molar-refractivity contribution >= 4 is 11.8 Å². The minimum Gasteiger partial charge on any atom is -0.394 e. The van der Waals surface area contributed by atoms with E-state index in [9.17, 15) is 14.7 Å². The van der Waals surface area contributed by atoms with Gasteiger partial charge in [0, 0.05) is 31.5 Å². The zero-order valence-electron chi connectivity index (χ0n) is 11.7. The summed E-state index contributed by atoms with van der Waals surface area (Å²) >= 11 is 0. The average Bonchev–Trinajstić information content (AvgIpc) is 3.23. The van der Waals surface area contributed by atoms with E-state index in [0.717, 1.165) is 25.7 Å². The highest BCUT2D eigenvalue weighted by Gasteiger charge is 2.37. The van der Waals surface area contributed by atoms with Crippen LogP contribution in [0.15, 0.2) is 12.2 Å². The van der Waals surface area contributed by atoms with Crippen LogP contribution in [0.2, 0.25) is 0 Å². The van der Waals surface area contributed by atoms with Gasteiger partial charge >= 0.3 is 0 Å². The summed E-state index contributed by atoms with van der Waals surface area (Å²) in [5.41, 5.74) is 0. The second kappa shape index (κ2) is 5.56. The Morgan fingerprint density at radius 3 is 2.30 bits per heavy atom. The van der Waals surface area contributed by atoms with Crippen LogP contribution >= 0.6 is 0 Å². The number of amides is 2. The number of carbonyl (C=O) groups excluding carboxylic acids is 2. The topological polar surface area (TPSA) is 60.9 Å². The van der Waals surface area contributed by atoms with Crippen molar-refractivity contribution in [1.29, 1.82) is 0 Å². The third-order valence-electron chi connectivity index (χ3n) is 4.61. The van der Waals surface area contributed by atoms with Gasteiger partial charge in [0.05, 0.1) is 12.6 Å². The summed E-state index contributed by atoms with van der Waals surface area (Å²) in [5, 5.41) is 9.27. The minimum absolute atomic E-state index is 0.00667. The first-order valence-electron chi connectivity index (χ1n) is 7.57. The van der Waals surface area contributed by atoms with Crippen molar-refractivity contribution in [2.24, 2.45) is 11.8 Å². The Kier molecular flexibility index (Phi) is 3.78. The second-order valence-corrected chi connectivity index (χ2v) is 6.04. The van der Waals surface area contributed by atoms with Crippen LogP contribution in [0, 0.1) is 11.8 Å². The van der Waals surface area contributed by atoms with Gasteiger partial charge in [0.15, 0.2) is 0 Å². The van der Waals surface area contributed by atoms with Crippen molar-refractivity contribution in [1.82, 2.24) is 9.80 Å². The molecule has 2 heterocycles.